The van der Waals surface area contributed by atoms with E-state index < -0.39 is 0 Å². The van der Waals surface area contributed by atoms with Crippen LogP contribution in [0.3, 0.4) is 0 Å². The Morgan fingerprint density at radius 3 is 2.58 bits per heavy atom. The molecular formula is C16H23FN2. The lowest BCUT2D eigenvalue weighted by molar-refractivity contribution is 0.203. The van der Waals surface area contributed by atoms with Crippen LogP contribution in [0.4, 0.5) is 4.39 Å². The number of halogens is 1. The molecule has 0 unspecified atom stereocenters. The first-order chi connectivity index (χ1) is 9.26. The second-order valence-electron chi connectivity index (χ2n) is 6.10. The van der Waals surface area contributed by atoms with Crippen molar-refractivity contribution >= 4 is 0 Å². The van der Waals surface area contributed by atoms with Gasteiger partial charge >= 0.3 is 0 Å². The lowest BCUT2D eigenvalue weighted by atomic mass is 9.97. The Kier molecular flexibility index (Phi) is 3.85. The molecule has 1 spiro atoms. The Bertz CT molecular complexity index is 409. The van der Waals surface area contributed by atoms with Crippen LogP contribution in [-0.2, 0) is 6.54 Å². The normalized spacial score (nSPS) is 23.6. The van der Waals surface area contributed by atoms with E-state index in [0.717, 1.165) is 26.2 Å². The molecule has 104 valence electrons. The van der Waals surface area contributed by atoms with Crippen LogP contribution in [0.5, 0.6) is 0 Å². The minimum absolute atomic E-state index is 0.145. The molecule has 0 atom stereocenters. The van der Waals surface area contributed by atoms with Crippen LogP contribution in [0.25, 0.3) is 0 Å². The van der Waals surface area contributed by atoms with Crippen molar-refractivity contribution in [2.75, 3.05) is 19.6 Å². The number of hydrogen-bond acceptors (Lipinski definition) is 2. The molecule has 1 saturated heterocycles. The third kappa shape index (κ3) is 3.15. The first-order valence-corrected chi connectivity index (χ1v) is 7.48. The molecule has 1 aromatic rings. The van der Waals surface area contributed by atoms with Gasteiger partial charge in [0.25, 0.3) is 0 Å². The minimum Gasteiger partial charge on any atom is -0.310 e. The molecule has 1 aliphatic carbocycles. The van der Waals surface area contributed by atoms with Gasteiger partial charge in [0.2, 0.25) is 0 Å². The van der Waals surface area contributed by atoms with E-state index in [-0.39, 0.29) is 5.82 Å². The van der Waals surface area contributed by atoms with E-state index in [0.29, 0.717) is 5.54 Å². The second-order valence-corrected chi connectivity index (χ2v) is 6.10. The zero-order valence-corrected chi connectivity index (χ0v) is 11.5. The summed E-state index contributed by atoms with van der Waals surface area (Å²) in [5, 5.41) is 3.78. The van der Waals surface area contributed by atoms with E-state index in [4.69, 9.17) is 0 Å². The van der Waals surface area contributed by atoms with Crippen molar-refractivity contribution in [2.24, 2.45) is 0 Å². The fourth-order valence-corrected chi connectivity index (χ4v) is 3.59. The van der Waals surface area contributed by atoms with Gasteiger partial charge in [0.15, 0.2) is 0 Å². The van der Waals surface area contributed by atoms with Crippen LogP contribution < -0.4 is 5.32 Å². The number of rotatable bonds is 2. The molecule has 0 aromatic heterocycles. The molecule has 1 heterocycles. The molecule has 2 fully saturated rings. The molecule has 3 heteroatoms. The third-order valence-corrected chi connectivity index (χ3v) is 4.56. The smallest absolute Gasteiger partial charge is 0.123 e. The van der Waals surface area contributed by atoms with Crippen LogP contribution in [0, 0.1) is 5.82 Å². The van der Waals surface area contributed by atoms with E-state index in [1.54, 1.807) is 12.1 Å². The number of nitrogens with zero attached hydrogens (tertiary/aromatic N) is 1. The van der Waals surface area contributed by atoms with Gasteiger partial charge in [-0.05, 0) is 50.0 Å². The second kappa shape index (κ2) is 5.59. The number of hydrogen-bond donors (Lipinski definition) is 1. The summed E-state index contributed by atoms with van der Waals surface area (Å²) in [6.07, 6.45) is 6.55. The first kappa shape index (κ1) is 13.1. The summed E-state index contributed by atoms with van der Waals surface area (Å²) in [6.45, 7) is 4.38. The minimum atomic E-state index is -0.145. The quantitative estimate of drug-likeness (QED) is 0.881. The maximum atomic E-state index is 12.9. The Morgan fingerprint density at radius 2 is 1.84 bits per heavy atom. The van der Waals surface area contributed by atoms with Gasteiger partial charge in [-0.1, -0.05) is 25.0 Å². The maximum absolute atomic E-state index is 12.9. The van der Waals surface area contributed by atoms with Crippen molar-refractivity contribution < 1.29 is 4.39 Å². The molecule has 1 N–H and O–H groups in total. The highest BCUT2D eigenvalue weighted by atomic mass is 19.1. The molecule has 0 bridgehead atoms. The van der Waals surface area contributed by atoms with Gasteiger partial charge in [-0.25, -0.2) is 4.39 Å². The van der Waals surface area contributed by atoms with E-state index in [9.17, 15) is 4.39 Å². The fourth-order valence-electron chi connectivity index (χ4n) is 3.59. The number of nitrogens with one attached hydrogen (secondary N) is 1. The van der Waals surface area contributed by atoms with E-state index >= 15 is 0 Å². The molecular weight excluding hydrogens is 239 g/mol. The van der Waals surface area contributed by atoms with Crippen molar-refractivity contribution in [2.45, 2.75) is 44.2 Å². The first-order valence-electron chi connectivity index (χ1n) is 7.48. The molecule has 1 aliphatic heterocycles. The predicted molar refractivity (Wildman–Crippen MR) is 75.5 cm³/mol. The predicted octanol–water partition coefficient (Wildman–Crippen LogP) is 2.93. The summed E-state index contributed by atoms with van der Waals surface area (Å²) in [5.74, 6) is -0.145. The van der Waals surface area contributed by atoms with Gasteiger partial charge in [-0.15, -0.1) is 0 Å². The summed E-state index contributed by atoms with van der Waals surface area (Å²) in [6, 6.07) is 6.96. The van der Waals surface area contributed by atoms with Crippen molar-refractivity contribution in [3.05, 3.63) is 35.6 Å². The SMILES string of the molecule is Fc1ccc(CN2CCCNC3(CCCC3)C2)cc1. The van der Waals surface area contributed by atoms with Gasteiger partial charge in [-0.3, -0.25) is 4.90 Å². The summed E-state index contributed by atoms with van der Waals surface area (Å²) < 4.78 is 12.9. The molecule has 3 rings (SSSR count). The van der Waals surface area contributed by atoms with Gasteiger partial charge < -0.3 is 5.32 Å². The summed E-state index contributed by atoms with van der Waals surface area (Å²) in [7, 11) is 0. The monoisotopic (exact) mass is 262 g/mol. The summed E-state index contributed by atoms with van der Waals surface area (Å²) in [4.78, 5) is 2.54. The average molecular weight is 262 g/mol. The van der Waals surface area contributed by atoms with Crippen LogP contribution >= 0.6 is 0 Å². The van der Waals surface area contributed by atoms with Crippen LogP contribution in [0.2, 0.25) is 0 Å². The molecule has 0 amide bonds. The molecule has 2 aliphatic rings. The highest BCUT2D eigenvalue weighted by Crippen LogP contribution is 2.32. The van der Waals surface area contributed by atoms with Gasteiger partial charge in [0, 0.05) is 18.6 Å². The Labute approximate surface area is 115 Å². The van der Waals surface area contributed by atoms with E-state index in [1.165, 1.54) is 37.7 Å². The summed E-state index contributed by atoms with van der Waals surface area (Å²) in [5.41, 5.74) is 1.58. The fraction of sp³-hybridized carbons (Fsp3) is 0.625. The van der Waals surface area contributed by atoms with Crippen LogP contribution in [0.15, 0.2) is 24.3 Å². The van der Waals surface area contributed by atoms with Gasteiger partial charge in [0.1, 0.15) is 5.82 Å². The van der Waals surface area contributed by atoms with Crippen molar-refractivity contribution in [1.29, 1.82) is 0 Å². The van der Waals surface area contributed by atoms with E-state index in [1.807, 2.05) is 12.1 Å². The highest BCUT2D eigenvalue weighted by Gasteiger charge is 2.36. The van der Waals surface area contributed by atoms with Crippen LogP contribution in [0.1, 0.15) is 37.7 Å². The highest BCUT2D eigenvalue weighted by molar-refractivity contribution is 5.16. The van der Waals surface area contributed by atoms with E-state index in [2.05, 4.69) is 10.2 Å². The van der Waals surface area contributed by atoms with Gasteiger partial charge in [0.05, 0.1) is 0 Å². The zero-order chi connectivity index (χ0) is 13.1. The molecule has 2 nitrogen and oxygen atoms in total. The third-order valence-electron chi connectivity index (χ3n) is 4.56. The standard InChI is InChI=1S/C16H23FN2/c17-15-6-4-14(5-7-15)12-19-11-3-10-18-16(13-19)8-1-2-9-16/h4-7,18H,1-3,8-13H2. The lowest BCUT2D eigenvalue weighted by Crippen LogP contribution is -2.49. The van der Waals surface area contributed by atoms with Crippen molar-refractivity contribution in [3.8, 4) is 0 Å². The molecule has 19 heavy (non-hydrogen) atoms. The van der Waals surface area contributed by atoms with Gasteiger partial charge in [-0.2, -0.15) is 0 Å². The molecule has 1 saturated carbocycles. The molecule has 0 radical (unpaired) electrons. The zero-order valence-electron chi connectivity index (χ0n) is 11.5. The van der Waals surface area contributed by atoms with Crippen LogP contribution in [-0.4, -0.2) is 30.1 Å². The number of benzene rings is 1. The molecule has 1 aromatic carbocycles. The topological polar surface area (TPSA) is 15.3 Å². The summed E-state index contributed by atoms with van der Waals surface area (Å²) >= 11 is 0. The Morgan fingerprint density at radius 1 is 1.11 bits per heavy atom. The Hall–Kier alpha value is -0.930. The largest absolute Gasteiger partial charge is 0.310 e. The lowest BCUT2D eigenvalue weighted by Gasteiger charge is -2.33. The Balaban J connectivity index is 1.67. The average Bonchev–Trinajstić information content (AvgIpc) is 2.76. The van der Waals surface area contributed by atoms with Crippen molar-refractivity contribution in [1.82, 2.24) is 10.2 Å². The van der Waals surface area contributed by atoms with Crippen molar-refractivity contribution in [3.63, 3.8) is 0 Å². The maximum Gasteiger partial charge on any atom is 0.123 e.